The lowest BCUT2D eigenvalue weighted by Gasteiger charge is -2.22. The van der Waals surface area contributed by atoms with E-state index < -0.39 is 18.1 Å². The molecule has 0 radical (unpaired) electrons. The van der Waals surface area contributed by atoms with Crippen molar-refractivity contribution in [3.05, 3.63) is 71.9 Å². The molecule has 0 aliphatic carbocycles. The Morgan fingerprint density at radius 3 is 2.76 bits per heavy atom. The molecular weight excluding hydrogens is 442 g/mol. The van der Waals surface area contributed by atoms with Crippen molar-refractivity contribution in [2.45, 2.75) is 25.5 Å². The molecule has 9 heteroatoms. The van der Waals surface area contributed by atoms with Gasteiger partial charge in [0.2, 0.25) is 5.91 Å². The average molecular weight is 466 g/mol. The molecule has 1 atom stereocenters. The molecule has 1 aliphatic rings. The molecule has 2 amide bonds. The van der Waals surface area contributed by atoms with Crippen LogP contribution < -0.4 is 5.32 Å². The van der Waals surface area contributed by atoms with E-state index in [9.17, 15) is 14.4 Å². The van der Waals surface area contributed by atoms with Crippen LogP contribution in [-0.4, -0.2) is 47.6 Å². The Bertz CT molecular complexity index is 1150. The second-order valence-electron chi connectivity index (χ2n) is 7.48. The summed E-state index contributed by atoms with van der Waals surface area (Å²) in [7, 11) is 1.33. The highest BCUT2D eigenvalue weighted by atomic mass is 32.1. The number of rotatable bonds is 6. The maximum Gasteiger partial charge on any atom is 0.410 e. The third-order valence-corrected chi connectivity index (χ3v) is 6.26. The topological polar surface area (TPSA) is 97.8 Å². The summed E-state index contributed by atoms with van der Waals surface area (Å²) in [6.07, 6.45) is 2.42. The van der Waals surface area contributed by atoms with Gasteiger partial charge in [-0.2, -0.15) is 0 Å². The normalized spacial score (nSPS) is 15.2. The Balaban J connectivity index is 1.38. The standard InChI is InChI=1S/C24H23N3O5S/c1-31-22(29)18-10-5-9-17(13-18)20-14-25-23(33-20)26-21(28)19-11-6-12-27(19)24(30)32-15-16-7-3-2-4-8-16/h2-5,7-10,13-14,19H,6,11-12,15H2,1H3,(H,25,26,28)/t19-/m0/s1. The van der Waals surface area contributed by atoms with Gasteiger partial charge in [-0.15, -0.1) is 0 Å². The zero-order valence-corrected chi connectivity index (χ0v) is 18.8. The van der Waals surface area contributed by atoms with Gasteiger partial charge in [0.1, 0.15) is 12.6 Å². The minimum Gasteiger partial charge on any atom is -0.465 e. The summed E-state index contributed by atoms with van der Waals surface area (Å²) in [5.41, 5.74) is 2.12. The number of carbonyl (C=O) groups excluding carboxylic acids is 3. The number of benzene rings is 2. The number of carbonyl (C=O) groups is 3. The van der Waals surface area contributed by atoms with Gasteiger partial charge < -0.3 is 14.8 Å². The molecule has 1 aliphatic heterocycles. The largest absolute Gasteiger partial charge is 0.465 e. The van der Waals surface area contributed by atoms with Gasteiger partial charge in [0.15, 0.2) is 5.13 Å². The van der Waals surface area contributed by atoms with Crippen LogP contribution in [0.3, 0.4) is 0 Å². The molecule has 0 spiro atoms. The van der Waals surface area contributed by atoms with Gasteiger partial charge >= 0.3 is 12.1 Å². The highest BCUT2D eigenvalue weighted by molar-refractivity contribution is 7.19. The fraction of sp³-hybridized carbons (Fsp3) is 0.250. The van der Waals surface area contributed by atoms with Crippen LogP contribution in [0.1, 0.15) is 28.8 Å². The van der Waals surface area contributed by atoms with Crippen molar-refractivity contribution < 1.29 is 23.9 Å². The molecule has 33 heavy (non-hydrogen) atoms. The van der Waals surface area contributed by atoms with E-state index in [1.54, 1.807) is 24.4 Å². The Morgan fingerprint density at radius 2 is 1.97 bits per heavy atom. The Kier molecular flexibility index (Phi) is 6.99. The smallest absolute Gasteiger partial charge is 0.410 e. The van der Waals surface area contributed by atoms with E-state index in [0.717, 1.165) is 22.4 Å². The molecule has 0 saturated carbocycles. The fourth-order valence-corrected chi connectivity index (χ4v) is 4.45. The zero-order chi connectivity index (χ0) is 23.2. The number of likely N-dealkylation sites (tertiary alicyclic amines) is 1. The number of hydrogen-bond donors (Lipinski definition) is 1. The number of aromatic nitrogens is 1. The Hall–Kier alpha value is -3.72. The molecule has 2 aromatic carbocycles. The first-order valence-corrected chi connectivity index (χ1v) is 11.3. The number of anilines is 1. The highest BCUT2D eigenvalue weighted by Gasteiger charge is 2.35. The van der Waals surface area contributed by atoms with Crippen LogP contribution in [0.4, 0.5) is 9.93 Å². The lowest BCUT2D eigenvalue weighted by Crippen LogP contribution is -2.43. The highest BCUT2D eigenvalue weighted by Crippen LogP contribution is 2.30. The van der Waals surface area contributed by atoms with Gasteiger partial charge in [-0.1, -0.05) is 53.8 Å². The summed E-state index contributed by atoms with van der Waals surface area (Å²) in [6.45, 7) is 0.625. The van der Waals surface area contributed by atoms with Gasteiger partial charge in [0.05, 0.1) is 17.6 Å². The third kappa shape index (κ3) is 5.38. The van der Waals surface area contributed by atoms with E-state index in [4.69, 9.17) is 9.47 Å². The molecule has 1 fully saturated rings. The molecule has 4 rings (SSSR count). The third-order valence-electron chi connectivity index (χ3n) is 5.30. The number of thiazole rings is 1. The molecule has 1 saturated heterocycles. The van der Waals surface area contributed by atoms with E-state index in [1.807, 2.05) is 36.4 Å². The number of nitrogens with zero attached hydrogens (tertiary/aromatic N) is 2. The van der Waals surface area contributed by atoms with Crippen molar-refractivity contribution in [2.75, 3.05) is 19.0 Å². The average Bonchev–Trinajstić information content (AvgIpc) is 3.53. The Morgan fingerprint density at radius 1 is 1.15 bits per heavy atom. The lowest BCUT2D eigenvalue weighted by atomic mass is 10.1. The summed E-state index contributed by atoms with van der Waals surface area (Å²) < 4.78 is 10.2. The predicted molar refractivity (Wildman–Crippen MR) is 124 cm³/mol. The minimum absolute atomic E-state index is 0.158. The van der Waals surface area contributed by atoms with Crippen molar-refractivity contribution in [3.63, 3.8) is 0 Å². The number of hydrogen-bond acceptors (Lipinski definition) is 7. The van der Waals surface area contributed by atoms with Crippen LogP contribution in [0, 0.1) is 0 Å². The monoisotopic (exact) mass is 465 g/mol. The van der Waals surface area contributed by atoms with Crippen molar-refractivity contribution in [1.29, 1.82) is 0 Å². The lowest BCUT2D eigenvalue weighted by molar-refractivity contribution is -0.120. The number of esters is 1. The molecule has 170 valence electrons. The molecule has 1 N–H and O–H groups in total. The summed E-state index contributed by atoms with van der Waals surface area (Å²) in [5, 5.41) is 3.23. The van der Waals surface area contributed by atoms with Crippen LogP contribution in [0.25, 0.3) is 10.4 Å². The van der Waals surface area contributed by atoms with E-state index in [2.05, 4.69) is 10.3 Å². The number of ether oxygens (including phenoxy) is 2. The summed E-state index contributed by atoms with van der Waals surface area (Å²) in [5.74, 6) is -0.719. The molecule has 1 aromatic heterocycles. The molecular formula is C24H23N3O5S. The number of nitrogens with one attached hydrogen (secondary N) is 1. The van der Waals surface area contributed by atoms with Crippen LogP contribution in [0.5, 0.6) is 0 Å². The molecule has 0 bridgehead atoms. The first-order chi connectivity index (χ1) is 16.0. The van der Waals surface area contributed by atoms with Crippen LogP contribution >= 0.6 is 11.3 Å². The van der Waals surface area contributed by atoms with Crippen molar-refractivity contribution in [2.24, 2.45) is 0 Å². The van der Waals surface area contributed by atoms with Crippen molar-refractivity contribution in [3.8, 4) is 10.4 Å². The summed E-state index contributed by atoms with van der Waals surface area (Å²) >= 11 is 1.29. The second kappa shape index (κ2) is 10.3. The maximum atomic E-state index is 12.9. The molecule has 2 heterocycles. The van der Waals surface area contributed by atoms with E-state index in [0.29, 0.717) is 23.7 Å². The first-order valence-electron chi connectivity index (χ1n) is 10.5. The first kappa shape index (κ1) is 22.5. The van der Waals surface area contributed by atoms with E-state index >= 15 is 0 Å². The second-order valence-corrected chi connectivity index (χ2v) is 8.51. The zero-order valence-electron chi connectivity index (χ0n) is 18.0. The van der Waals surface area contributed by atoms with Crippen LogP contribution in [-0.2, 0) is 20.9 Å². The van der Waals surface area contributed by atoms with Crippen LogP contribution in [0.15, 0.2) is 60.8 Å². The van der Waals surface area contributed by atoms with Crippen molar-refractivity contribution in [1.82, 2.24) is 9.88 Å². The van der Waals surface area contributed by atoms with Gasteiger partial charge in [-0.05, 0) is 36.1 Å². The number of amides is 2. The SMILES string of the molecule is COC(=O)c1cccc(-c2cnc(NC(=O)[C@@H]3CCCN3C(=O)OCc3ccccc3)s2)c1. The quantitative estimate of drug-likeness (QED) is 0.544. The minimum atomic E-state index is -0.608. The predicted octanol–water partition coefficient (Wildman–Crippen LogP) is 4.34. The van der Waals surface area contributed by atoms with E-state index in [1.165, 1.54) is 23.3 Å². The van der Waals surface area contributed by atoms with Crippen molar-refractivity contribution >= 4 is 34.4 Å². The maximum absolute atomic E-state index is 12.9. The summed E-state index contributed by atoms with van der Waals surface area (Å²) in [6, 6.07) is 15.8. The Labute approximate surface area is 195 Å². The molecule has 8 nitrogen and oxygen atoms in total. The fourth-order valence-electron chi connectivity index (χ4n) is 3.63. The molecule has 3 aromatic rings. The number of methoxy groups -OCH3 is 1. The van der Waals surface area contributed by atoms with Gasteiger partial charge in [-0.25, -0.2) is 14.6 Å². The summed E-state index contributed by atoms with van der Waals surface area (Å²) in [4.78, 5) is 43.7. The van der Waals surface area contributed by atoms with Gasteiger partial charge in [0.25, 0.3) is 0 Å². The van der Waals surface area contributed by atoms with Gasteiger partial charge in [0, 0.05) is 12.7 Å². The van der Waals surface area contributed by atoms with E-state index in [-0.39, 0.29) is 12.5 Å². The molecule has 0 unspecified atom stereocenters. The van der Waals surface area contributed by atoms with Crippen LogP contribution in [0.2, 0.25) is 0 Å². The van der Waals surface area contributed by atoms with Gasteiger partial charge in [-0.3, -0.25) is 9.69 Å².